The lowest BCUT2D eigenvalue weighted by Crippen LogP contribution is -2.64. The van der Waals surface area contributed by atoms with E-state index in [0.29, 0.717) is 11.3 Å². The number of nitrogens with one attached hydrogen (secondary N) is 2. The topological polar surface area (TPSA) is 171 Å². The molecule has 35 heavy (non-hydrogen) atoms. The van der Waals surface area contributed by atoms with E-state index in [4.69, 9.17) is 10.5 Å². The fourth-order valence-corrected chi connectivity index (χ4v) is 4.02. The summed E-state index contributed by atoms with van der Waals surface area (Å²) in [7, 11) is 1.51. The molecule has 188 valence electrons. The lowest BCUT2D eigenvalue weighted by atomic mass is 9.77. The summed E-state index contributed by atoms with van der Waals surface area (Å²) in [5.41, 5.74) is 3.84. The lowest BCUT2D eigenvalue weighted by Gasteiger charge is -2.41. The molecule has 2 aromatic rings. The third kappa shape index (κ3) is 6.32. The van der Waals surface area contributed by atoms with Gasteiger partial charge in [0.05, 0.1) is 19.3 Å². The monoisotopic (exact) mass is 489 g/mol. The van der Waals surface area contributed by atoms with Gasteiger partial charge in [-0.05, 0) is 35.9 Å². The van der Waals surface area contributed by atoms with Crippen LogP contribution in [0.4, 0.5) is 4.39 Å². The molecule has 0 bridgehead atoms. The Labute approximate surface area is 200 Å². The maximum absolute atomic E-state index is 13.4. The number of nitrogens with two attached hydrogens (primary N) is 1. The molecule has 0 aromatic heterocycles. The van der Waals surface area contributed by atoms with Crippen molar-refractivity contribution < 1.29 is 38.8 Å². The molecule has 1 aliphatic carbocycles. The number of hydrogen-bond donors (Lipinski definition) is 6. The van der Waals surface area contributed by atoms with E-state index in [1.165, 1.54) is 19.2 Å². The highest BCUT2D eigenvalue weighted by atomic mass is 19.1. The third-order valence-corrected chi connectivity index (χ3v) is 5.98. The quantitative estimate of drug-likeness (QED) is 0.287. The number of rotatable bonds is 8. The summed E-state index contributed by atoms with van der Waals surface area (Å²) in [6.45, 7) is 0. The Hall–Kier alpha value is -3.54. The number of aliphatic hydroxyl groups excluding tert-OH is 2. The summed E-state index contributed by atoms with van der Waals surface area (Å²) in [6, 6.07) is 9.12. The molecule has 1 aliphatic rings. The fourth-order valence-electron chi connectivity index (χ4n) is 4.02. The number of benzene rings is 2. The molecule has 0 heterocycles. The first-order chi connectivity index (χ1) is 16.5. The van der Waals surface area contributed by atoms with Gasteiger partial charge in [-0.3, -0.25) is 14.4 Å². The minimum Gasteiger partial charge on any atom is -0.497 e. The van der Waals surface area contributed by atoms with E-state index in [1.807, 2.05) is 0 Å². The van der Waals surface area contributed by atoms with Crippen LogP contribution in [0.2, 0.25) is 0 Å². The number of amides is 3. The Bertz CT molecular complexity index is 1080. The molecule has 11 heteroatoms. The van der Waals surface area contributed by atoms with Gasteiger partial charge in [-0.2, -0.15) is 0 Å². The van der Waals surface area contributed by atoms with E-state index < -0.39 is 66.3 Å². The van der Waals surface area contributed by atoms with E-state index in [1.54, 1.807) is 24.3 Å². The van der Waals surface area contributed by atoms with Gasteiger partial charge in [-0.25, -0.2) is 4.39 Å². The Balaban J connectivity index is 1.72. The predicted octanol–water partition coefficient (Wildman–Crippen LogP) is -0.608. The molecule has 0 aliphatic heterocycles. The van der Waals surface area contributed by atoms with Crippen molar-refractivity contribution >= 4 is 17.7 Å². The van der Waals surface area contributed by atoms with Crippen molar-refractivity contribution in [1.82, 2.24) is 10.6 Å². The number of primary amides is 1. The third-order valence-electron chi connectivity index (χ3n) is 5.98. The average Bonchev–Trinajstić information content (AvgIpc) is 2.82. The predicted molar refractivity (Wildman–Crippen MR) is 122 cm³/mol. The smallest absolute Gasteiger partial charge is 0.252 e. The van der Waals surface area contributed by atoms with Crippen molar-refractivity contribution in [2.45, 2.75) is 49.2 Å². The van der Waals surface area contributed by atoms with E-state index in [-0.39, 0.29) is 12.0 Å². The highest BCUT2D eigenvalue weighted by Crippen LogP contribution is 2.30. The second-order valence-electron chi connectivity index (χ2n) is 8.57. The minimum atomic E-state index is -2.23. The molecular formula is C24H28FN3O7. The number of carbonyl (C=O) groups excluding carboxylic acids is 3. The summed E-state index contributed by atoms with van der Waals surface area (Å²) < 4.78 is 18.5. The second kappa shape index (κ2) is 10.8. The molecule has 3 amide bonds. The van der Waals surface area contributed by atoms with E-state index >= 15 is 0 Å². The molecule has 3 rings (SSSR count). The van der Waals surface area contributed by atoms with Crippen LogP contribution in [0, 0.1) is 5.82 Å². The van der Waals surface area contributed by atoms with Crippen LogP contribution in [-0.4, -0.2) is 70.0 Å². The van der Waals surface area contributed by atoms with Gasteiger partial charge in [-0.1, -0.05) is 18.2 Å². The standard InChI is InChI=1S/C24H28FN3O7/c1-35-16-7-5-13(6-8-16)9-17(21(26)31)28-23(33)24(34)11-18(20(30)19(29)12-24)27-22(32)14-3-2-4-15(25)10-14/h2-8,10,17-20,29-30,34H,9,11-12H2,1H3,(H2,26,31)(H,27,32)(H,28,33)/t17-,18-,19+,20+,24+/m0/s1. The van der Waals surface area contributed by atoms with Crippen LogP contribution >= 0.6 is 0 Å². The van der Waals surface area contributed by atoms with Gasteiger partial charge in [0.2, 0.25) is 5.91 Å². The number of hydrogen-bond acceptors (Lipinski definition) is 7. The van der Waals surface area contributed by atoms with E-state index in [0.717, 1.165) is 12.1 Å². The van der Waals surface area contributed by atoms with Crippen molar-refractivity contribution in [1.29, 1.82) is 0 Å². The molecule has 10 nitrogen and oxygen atoms in total. The highest BCUT2D eigenvalue weighted by molar-refractivity contribution is 5.95. The first kappa shape index (κ1) is 26.1. The van der Waals surface area contributed by atoms with Crippen LogP contribution in [-0.2, 0) is 16.0 Å². The summed E-state index contributed by atoms with van der Waals surface area (Å²) >= 11 is 0. The van der Waals surface area contributed by atoms with Crippen molar-refractivity contribution in [2.75, 3.05) is 7.11 Å². The number of ether oxygens (including phenoxy) is 1. The van der Waals surface area contributed by atoms with Gasteiger partial charge < -0.3 is 36.4 Å². The van der Waals surface area contributed by atoms with Gasteiger partial charge in [0.25, 0.3) is 11.8 Å². The first-order valence-corrected chi connectivity index (χ1v) is 10.9. The zero-order valence-electron chi connectivity index (χ0n) is 19.0. The summed E-state index contributed by atoms with van der Waals surface area (Å²) in [5, 5.41) is 36.5. The Kier molecular flexibility index (Phi) is 8.05. The van der Waals surface area contributed by atoms with Gasteiger partial charge in [0.15, 0.2) is 0 Å². The van der Waals surface area contributed by atoms with Gasteiger partial charge in [0.1, 0.15) is 29.3 Å². The molecule has 0 unspecified atom stereocenters. The van der Waals surface area contributed by atoms with Crippen LogP contribution in [0.5, 0.6) is 5.75 Å². The zero-order chi connectivity index (χ0) is 25.8. The van der Waals surface area contributed by atoms with Crippen molar-refractivity contribution in [3.05, 3.63) is 65.5 Å². The number of aliphatic hydroxyl groups is 3. The zero-order valence-corrected chi connectivity index (χ0v) is 19.0. The van der Waals surface area contributed by atoms with Gasteiger partial charge >= 0.3 is 0 Å². The summed E-state index contributed by atoms with van der Waals surface area (Å²) in [4.78, 5) is 37.5. The summed E-state index contributed by atoms with van der Waals surface area (Å²) in [6.07, 6.45) is -4.03. The lowest BCUT2D eigenvalue weighted by molar-refractivity contribution is -0.159. The largest absolute Gasteiger partial charge is 0.497 e. The van der Waals surface area contributed by atoms with Crippen LogP contribution in [0.15, 0.2) is 48.5 Å². The number of methoxy groups -OCH3 is 1. The second-order valence-corrected chi connectivity index (χ2v) is 8.57. The minimum absolute atomic E-state index is 0.0338. The van der Waals surface area contributed by atoms with Gasteiger partial charge in [0, 0.05) is 24.8 Å². The van der Waals surface area contributed by atoms with E-state index in [9.17, 15) is 34.1 Å². The number of carbonyl (C=O) groups is 3. The Morgan fingerprint density at radius 3 is 2.46 bits per heavy atom. The fraction of sp³-hybridized carbons (Fsp3) is 0.375. The van der Waals surface area contributed by atoms with Crippen molar-refractivity contribution in [2.24, 2.45) is 5.73 Å². The molecule has 0 saturated heterocycles. The molecule has 0 radical (unpaired) electrons. The molecule has 7 N–H and O–H groups in total. The highest BCUT2D eigenvalue weighted by Gasteiger charge is 2.49. The van der Waals surface area contributed by atoms with Crippen LogP contribution in [0.3, 0.4) is 0 Å². The van der Waals surface area contributed by atoms with Gasteiger partial charge in [-0.15, -0.1) is 0 Å². The van der Waals surface area contributed by atoms with Crippen molar-refractivity contribution in [3.63, 3.8) is 0 Å². The summed E-state index contributed by atoms with van der Waals surface area (Å²) in [5.74, 6) is -2.65. The van der Waals surface area contributed by atoms with Crippen LogP contribution in [0.1, 0.15) is 28.8 Å². The molecule has 5 atom stereocenters. The molecule has 1 saturated carbocycles. The Morgan fingerprint density at radius 2 is 1.86 bits per heavy atom. The normalized spacial score (nSPS) is 24.8. The maximum atomic E-state index is 13.4. The molecule has 1 fully saturated rings. The maximum Gasteiger partial charge on any atom is 0.252 e. The Morgan fingerprint density at radius 1 is 1.17 bits per heavy atom. The molecule has 2 aromatic carbocycles. The SMILES string of the molecule is COc1ccc(C[C@H](NC(=O)[C@]2(O)C[C@@H](O)[C@H](O)[C@@H](NC(=O)c3cccc(F)c3)C2)C(N)=O)cc1. The average molecular weight is 490 g/mol. The van der Waals surface area contributed by atoms with Crippen LogP contribution < -0.4 is 21.1 Å². The first-order valence-electron chi connectivity index (χ1n) is 10.9. The number of halogens is 1. The van der Waals surface area contributed by atoms with Crippen molar-refractivity contribution in [3.8, 4) is 5.75 Å². The van der Waals surface area contributed by atoms with Crippen LogP contribution in [0.25, 0.3) is 0 Å². The molecular weight excluding hydrogens is 461 g/mol. The molecule has 0 spiro atoms. The van der Waals surface area contributed by atoms with E-state index in [2.05, 4.69) is 10.6 Å².